The smallest absolute Gasteiger partial charge is 0.136 e. The number of halogens is 1. The van der Waals surface area contributed by atoms with Crippen LogP contribution in [0.15, 0.2) is 24.3 Å². The average molecular weight is 283 g/mol. The summed E-state index contributed by atoms with van der Waals surface area (Å²) in [5, 5.41) is 0. The summed E-state index contributed by atoms with van der Waals surface area (Å²) in [6, 6.07) is 6.66. The van der Waals surface area contributed by atoms with Gasteiger partial charge < -0.3 is 4.90 Å². The van der Waals surface area contributed by atoms with Gasteiger partial charge in [0.25, 0.3) is 0 Å². The summed E-state index contributed by atoms with van der Waals surface area (Å²) < 4.78 is 13.8. The molecule has 1 saturated heterocycles. The number of thioether (sulfide) groups is 1. The van der Waals surface area contributed by atoms with Crippen LogP contribution in [0.1, 0.15) is 31.2 Å². The highest BCUT2D eigenvalue weighted by Gasteiger charge is 2.12. The summed E-state index contributed by atoms with van der Waals surface area (Å²) in [7, 11) is 0. The first-order chi connectivity index (χ1) is 8.75. The van der Waals surface area contributed by atoms with Gasteiger partial charge in [-0.05, 0) is 30.5 Å². The van der Waals surface area contributed by atoms with E-state index in [1.165, 1.54) is 37.8 Å². The summed E-state index contributed by atoms with van der Waals surface area (Å²) in [5.41, 5.74) is 1.12. The zero-order chi connectivity index (χ0) is 12.8. The standard InChI is InChI=1S/C14H18FNS2/c15-13-7-5-12(6-8-13)11-18-14(17)16-9-3-1-2-4-10-16/h5-8H,1-4,9-11H2. The van der Waals surface area contributed by atoms with Crippen LogP contribution < -0.4 is 0 Å². The lowest BCUT2D eigenvalue weighted by atomic mass is 10.2. The van der Waals surface area contributed by atoms with Gasteiger partial charge >= 0.3 is 0 Å². The molecule has 0 spiro atoms. The molecule has 1 nitrogen and oxygen atoms in total. The van der Waals surface area contributed by atoms with Crippen LogP contribution in [0.4, 0.5) is 4.39 Å². The molecule has 4 heteroatoms. The van der Waals surface area contributed by atoms with E-state index < -0.39 is 0 Å². The van der Waals surface area contributed by atoms with Crippen LogP contribution in [0.5, 0.6) is 0 Å². The molecule has 0 radical (unpaired) electrons. The molecule has 0 atom stereocenters. The molecule has 1 aromatic carbocycles. The molecule has 0 amide bonds. The molecule has 0 N–H and O–H groups in total. The number of benzene rings is 1. The molecule has 1 aliphatic rings. The summed E-state index contributed by atoms with van der Waals surface area (Å²) in [5.74, 6) is 0.647. The fraction of sp³-hybridized carbons (Fsp3) is 0.500. The Morgan fingerprint density at radius 1 is 1.11 bits per heavy atom. The number of hydrogen-bond donors (Lipinski definition) is 0. The molecule has 18 heavy (non-hydrogen) atoms. The maximum Gasteiger partial charge on any atom is 0.136 e. The zero-order valence-corrected chi connectivity index (χ0v) is 12.0. The molecule has 1 fully saturated rings. The van der Waals surface area contributed by atoms with Crippen LogP contribution in [-0.2, 0) is 5.75 Å². The van der Waals surface area contributed by atoms with Gasteiger partial charge in [-0.25, -0.2) is 4.39 Å². The first kappa shape index (κ1) is 13.8. The van der Waals surface area contributed by atoms with E-state index in [2.05, 4.69) is 4.90 Å². The predicted molar refractivity (Wildman–Crippen MR) is 80.3 cm³/mol. The molecule has 0 bridgehead atoms. The Hall–Kier alpha value is -0.610. The third kappa shape index (κ3) is 4.25. The van der Waals surface area contributed by atoms with Gasteiger partial charge in [0.1, 0.15) is 10.1 Å². The van der Waals surface area contributed by atoms with E-state index in [-0.39, 0.29) is 5.82 Å². The molecule has 0 aliphatic carbocycles. The first-order valence-corrected chi connectivity index (χ1v) is 7.81. The second kappa shape index (κ2) is 7.10. The van der Waals surface area contributed by atoms with Gasteiger partial charge in [0, 0.05) is 18.8 Å². The molecular formula is C14H18FNS2. The van der Waals surface area contributed by atoms with Crippen LogP contribution in [0, 0.1) is 5.82 Å². The number of hydrogen-bond acceptors (Lipinski definition) is 2. The van der Waals surface area contributed by atoms with Gasteiger partial charge in [0.2, 0.25) is 0 Å². The Kier molecular flexibility index (Phi) is 5.45. The highest BCUT2D eigenvalue weighted by atomic mass is 32.2. The summed E-state index contributed by atoms with van der Waals surface area (Å²) in [6.45, 7) is 2.19. The number of likely N-dealkylation sites (tertiary alicyclic amines) is 1. The van der Waals surface area contributed by atoms with Crippen molar-refractivity contribution < 1.29 is 4.39 Å². The highest BCUT2D eigenvalue weighted by Crippen LogP contribution is 2.20. The van der Waals surface area contributed by atoms with Gasteiger partial charge in [0.15, 0.2) is 0 Å². The predicted octanol–water partition coefficient (Wildman–Crippen LogP) is 4.22. The largest absolute Gasteiger partial charge is 0.358 e. The fourth-order valence-electron chi connectivity index (χ4n) is 2.07. The SMILES string of the molecule is Fc1ccc(CSC(=S)N2CCCCCC2)cc1. The minimum Gasteiger partial charge on any atom is -0.358 e. The lowest BCUT2D eigenvalue weighted by molar-refractivity contribution is 0.450. The normalized spacial score (nSPS) is 16.4. The minimum absolute atomic E-state index is 0.182. The topological polar surface area (TPSA) is 3.24 Å². The molecule has 1 aromatic rings. The third-order valence-electron chi connectivity index (χ3n) is 3.14. The van der Waals surface area contributed by atoms with Gasteiger partial charge in [-0.15, -0.1) is 0 Å². The average Bonchev–Trinajstić information content (AvgIpc) is 2.66. The Bertz CT molecular complexity index is 383. The van der Waals surface area contributed by atoms with Gasteiger partial charge in [-0.1, -0.05) is 49.0 Å². The molecule has 0 unspecified atom stereocenters. The van der Waals surface area contributed by atoms with E-state index in [4.69, 9.17) is 12.2 Å². The van der Waals surface area contributed by atoms with Crippen LogP contribution in [0.25, 0.3) is 0 Å². The van der Waals surface area contributed by atoms with E-state index in [1.54, 1.807) is 11.8 Å². The lowest BCUT2D eigenvalue weighted by Gasteiger charge is -2.22. The van der Waals surface area contributed by atoms with Crippen molar-refractivity contribution in [3.05, 3.63) is 35.6 Å². The minimum atomic E-state index is -0.182. The van der Waals surface area contributed by atoms with Gasteiger partial charge in [0.05, 0.1) is 0 Å². The van der Waals surface area contributed by atoms with E-state index >= 15 is 0 Å². The van der Waals surface area contributed by atoms with E-state index in [1.807, 2.05) is 12.1 Å². The zero-order valence-electron chi connectivity index (χ0n) is 10.4. The molecular weight excluding hydrogens is 265 g/mol. The molecule has 1 aliphatic heterocycles. The molecule has 0 aromatic heterocycles. The van der Waals surface area contributed by atoms with E-state index in [9.17, 15) is 4.39 Å². The Balaban J connectivity index is 1.81. The van der Waals surface area contributed by atoms with Crippen molar-refractivity contribution in [3.63, 3.8) is 0 Å². The van der Waals surface area contributed by atoms with E-state index in [0.717, 1.165) is 28.7 Å². The van der Waals surface area contributed by atoms with Crippen molar-refractivity contribution in [1.29, 1.82) is 0 Å². The summed E-state index contributed by atoms with van der Waals surface area (Å²) in [4.78, 5) is 2.32. The Morgan fingerprint density at radius 3 is 2.33 bits per heavy atom. The van der Waals surface area contributed by atoms with Crippen LogP contribution >= 0.6 is 24.0 Å². The monoisotopic (exact) mass is 283 g/mol. The van der Waals surface area contributed by atoms with Crippen molar-refractivity contribution in [2.45, 2.75) is 31.4 Å². The molecule has 2 rings (SSSR count). The highest BCUT2D eigenvalue weighted by molar-refractivity contribution is 8.22. The molecule has 0 saturated carbocycles. The molecule has 98 valence electrons. The second-order valence-corrected chi connectivity index (χ2v) is 6.19. The summed E-state index contributed by atoms with van der Waals surface area (Å²) >= 11 is 7.16. The van der Waals surface area contributed by atoms with Gasteiger partial charge in [-0.3, -0.25) is 0 Å². The maximum atomic E-state index is 12.8. The van der Waals surface area contributed by atoms with Crippen LogP contribution in [0.3, 0.4) is 0 Å². The number of rotatable bonds is 2. The quantitative estimate of drug-likeness (QED) is 0.748. The lowest BCUT2D eigenvalue weighted by Crippen LogP contribution is -2.28. The maximum absolute atomic E-state index is 12.8. The fourth-order valence-corrected chi connectivity index (χ4v) is 3.28. The third-order valence-corrected chi connectivity index (χ3v) is 4.73. The number of nitrogens with zero attached hydrogens (tertiary/aromatic N) is 1. The van der Waals surface area contributed by atoms with Crippen molar-refractivity contribution in [3.8, 4) is 0 Å². The Labute approximate surface area is 118 Å². The summed E-state index contributed by atoms with van der Waals surface area (Å²) in [6.07, 6.45) is 5.14. The number of thiocarbonyl (C=S) groups is 1. The molecule has 1 heterocycles. The van der Waals surface area contributed by atoms with Crippen molar-refractivity contribution in [2.24, 2.45) is 0 Å². The second-order valence-electron chi connectivity index (χ2n) is 4.58. The first-order valence-electron chi connectivity index (χ1n) is 6.42. The van der Waals surface area contributed by atoms with Crippen LogP contribution in [-0.4, -0.2) is 22.3 Å². The van der Waals surface area contributed by atoms with Crippen molar-refractivity contribution >= 4 is 28.3 Å². The van der Waals surface area contributed by atoms with Crippen LogP contribution in [0.2, 0.25) is 0 Å². The van der Waals surface area contributed by atoms with Crippen molar-refractivity contribution in [2.75, 3.05) is 13.1 Å². The van der Waals surface area contributed by atoms with Gasteiger partial charge in [-0.2, -0.15) is 0 Å². The van der Waals surface area contributed by atoms with E-state index in [0.29, 0.717) is 0 Å². The Morgan fingerprint density at radius 2 is 1.72 bits per heavy atom. The van der Waals surface area contributed by atoms with Crippen molar-refractivity contribution in [1.82, 2.24) is 4.90 Å².